The zero-order valence-electron chi connectivity index (χ0n) is 14.5. The fourth-order valence-corrected chi connectivity index (χ4v) is 3.61. The van der Waals surface area contributed by atoms with Crippen LogP contribution in [-0.2, 0) is 4.79 Å². The summed E-state index contributed by atoms with van der Waals surface area (Å²) >= 11 is 4.43. The number of furan rings is 1. The molecule has 7 nitrogen and oxygen atoms in total. The Balaban J connectivity index is 0.00000225. The van der Waals surface area contributed by atoms with E-state index in [0.29, 0.717) is 20.6 Å². The number of halogens is 2. The summed E-state index contributed by atoms with van der Waals surface area (Å²) in [6, 6.07) is 11.1. The first-order valence-corrected chi connectivity index (χ1v) is 9.54. The first-order chi connectivity index (χ1) is 13.0. The number of hydrazone groups is 1. The summed E-state index contributed by atoms with van der Waals surface area (Å²) in [5, 5.41) is 15.0. The quantitative estimate of drug-likeness (QED) is 0.651. The molecule has 10 heteroatoms. The Kier molecular flexibility index (Phi) is 6.07. The average molecular weight is 482 g/mol. The van der Waals surface area contributed by atoms with Gasteiger partial charge >= 0.3 is 0 Å². The lowest BCUT2D eigenvalue weighted by Crippen LogP contribution is -2.35. The summed E-state index contributed by atoms with van der Waals surface area (Å²) in [6.07, 6.45) is 1.48. The Hall–Kier alpha value is -2.36. The molecule has 144 valence electrons. The van der Waals surface area contributed by atoms with Gasteiger partial charge in [0.1, 0.15) is 23.2 Å². The summed E-state index contributed by atoms with van der Waals surface area (Å²) in [6.45, 7) is 2.22. The van der Waals surface area contributed by atoms with Gasteiger partial charge in [-0.2, -0.15) is 15.1 Å². The summed E-state index contributed by atoms with van der Waals surface area (Å²) in [4.78, 5) is 16.3. The van der Waals surface area contributed by atoms with Crippen LogP contribution in [0.15, 0.2) is 61.2 Å². The number of hydrogen-bond donors (Lipinski definition) is 1. The Morgan fingerprint density at radius 3 is 2.89 bits per heavy atom. The van der Waals surface area contributed by atoms with E-state index in [1.165, 1.54) is 22.8 Å². The molecule has 0 radical (unpaired) electrons. The van der Waals surface area contributed by atoms with Crippen LogP contribution >= 0.6 is 40.1 Å². The summed E-state index contributed by atoms with van der Waals surface area (Å²) in [7, 11) is 0. The first-order valence-electron chi connectivity index (χ1n) is 7.93. The topological polar surface area (TPSA) is 91.2 Å². The molecule has 0 bridgehead atoms. The van der Waals surface area contributed by atoms with Gasteiger partial charge in [0.15, 0.2) is 10.5 Å². The fraction of sp³-hybridized carbons (Fsp3) is 0.111. The largest absolute Gasteiger partial charge is 0.487 e. The highest BCUT2D eigenvalue weighted by molar-refractivity contribution is 9.10. The molecule has 0 atom stereocenters. The number of hydrogen-bond acceptors (Lipinski definition) is 6. The molecule has 28 heavy (non-hydrogen) atoms. The second kappa shape index (κ2) is 8.34. The van der Waals surface area contributed by atoms with E-state index in [0.717, 1.165) is 11.3 Å². The van der Waals surface area contributed by atoms with Crippen LogP contribution < -0.4 is 4.74 Å². The lowest BCUT2D eigenvalue weighted by molar-refractivity contribution is -0.114. The lowest BCUT2D eigenvalue weighted by Gasteiger charge is -2.19. The van der Waals surface area contributed by atoms with Crippen LogP contribution in [0.1, 0.15) is 11.3 Å². The van der Waals surface area contributed by atoms with Crippen LogP contribution in [0.25, 0.3) is 6.08 Å². The van der Waals surface area contributed by atoms with Crippen LogP contribution in [0, 0.1) is 12.3 Å². The fourth-order valence-electron chi connectivity index (χ4n) is 2.49. The van der Waals surface area contributed by atoms with Crippen molar-refractivity contribution in [3.63, 3.8) is 0 Å². The maximum Gasteiger partial charge on any atom is 0.283 e. The van der Waals surface area contributed by atoms with E-state index in [-0.39, 0.29) is 30.4 Å². The van der Waals surface area contributed by atoms with Crippen molar-refractivity contribution in [2.24, 2.45) is 10.1 Å². The Labute approximate surface area is 179 Å². The molecule has 1 aromatic carbocycles. The maximum absolute atomic E-state index is 12.3. The van der Waals surface area contributed by atoms with Crippen molar-refractivity contribution < 1.29 is 13.9 Å². The van der Waals surface area contributed by atoms with Crippen LogP contribution in [0.5, 0.6) is 5.75 Å². The van der Waals surface area contributed by atoms with Crippen molar-refractivity contribution in [3.8, 4) is 5.75 Å². The van der Waals surface area contributed by atoms with Gasteiger partial charge in [-0.1, -0.05) is 12.1 Å². The smallest absolute Gasteiger partial charge is 0.283 e. The molecule has 0 saturated heterocycles. The zero-order chi connectivity index (χ0) is 19.0. The third-order valence-corrected chi connectivity index (χ3v) is 5.04. The molecule has 1 N–H and O–H groups in total. The predicted molar refractivity (Wildman–Crippen MR) is 115 cm³/mol. The minimum absolute atomic E-state index is 0. The van der Waals surface area contributed by atoms with Crippen LogP contribution in [0.4, 0.5) is 0 Å². The van der Waals surface area contributed by atoms with E-state index in [9.17, 15) is 4.79 Å². The van der Waals surface area contributed by atoms with E-state index in [1.54, 1.807) is 12.1 Å². The van der Waals surface area contributed by atoms with Crippen molar-refractivity contribution in [3.05, 3.63) is 58.0 Å². The molecule has 1 aromatic heterocycles. The second-order valence-corrected chi connectivity index (χ2v) is 7.58. The summed E-state index contributed by atoms with van der Waals surface area (Å²) in [5.41, 5.74) is 1.22. The van der Waals surface area contributed by atoms with E-state index in [4.69, 9.17) is 14.6 Å². The Bertz CT molecular complexity index is 1050. The number of rotatable bonds is 4. The van der Waals surface area contributed by atoms with Gasteiger partial charge in [-0.3, -0.25) is 10.2 Å². The SMILES string of the molecule is Cc1cccc(OCC2=NN3C(=N)/C(=C\c4ccc(Br)o4)C(=O)N=C3S2)c1.Cl. The lowest BCUT2D eigenvalue weighted by atomic mass is 10.1. The minimum atomic E-state index is -0.498. The third kappa shape index (κ3) is 4.21. The standard InChI is InChI=1S/C18H13BrN4O3S.ClH/c1-10-3-2-4-11(7-10)25-9-15-22-23-16(20)13(17(24)21-18(23)27-15)8-12-5-6-14(19)26-12;/h2-8,20H,9H2,1H3;1H/b13-8+,20-16?;. The molecule has 1 amide bonds. The van der Waals surface area contributed by atoms with E-state index in [2.05, 4.69) is 26.0 Å². The normalized spacial score (nSPS) is 17.2. The molecular formula is C18H14BrClN4O3S. The van der Waals surface area contributed by atoms with Crippen molar-refractivity contribution in [1.29, 1.82) is 5.41 Å². The number of carbonyl (C=O) groups excluding carboxylic acids is 1. The molecule has 2 aromatic rings. The summed E-state index contributed by atoms with van der Waals surface area (Å²) in [5.74, 6) is 0.644. The van der Waals surface area contributed by atoms with Gasteiger partial charge in [0, 0.05) is 0 Å². The minimum Gasteiger partial charge on any atom is -0.487 e. The monoisotopic (exact) mass is 480 g/mol. The Morgan fingerprint density at radius 2 is 2.18 bits per heavy atom. The van der Waals surface area contributed by atoms with Gasteiger partial charge in [-0.15, -0.1) is 12.4 Å². The number of thioether (sulfide) groups is 1. The number of fused-ring (bicyclic) bond motifs is 1. The number of amides is 1. The van der Waals surface area contributed by atoms with Gasteiger partial charge in [0.2, 0.25) is 5.17 Å². The maximum atomic E-state index is 12.3. The number of ether oxygens (including phenoxy) is 1. The number of benzene rings is 1. The van der Waals surface area contributed by atoms with Gasteiger partial charge in [0.25, 0.3) is 5.91 Å². The molecule has 0 spiro atoms. The molecule has 4 rings (SSSR count). The van der Waals surface area contributed by atoms with Crippen molar-refractivity contribution in [2.45, 2.75) is 6.92 Å². The van der Waals surface area contributed by atoms with Gasteiger partial charge < -0.3 is 9.15 Å². The number of nitrogens with zero attached hydrogens (tertiary/aromatic N) is 3. The molecule has 2 aliphatic heterocycles. The highest BCUT2D eigenvalue weighted by Gasteiger charge is 2.36. The molecule has 3 heterocycles. The third-order valence-electron chi connectivity index (χ3n) is 3.73. The van der Waals surface area contributed by atoms with E-state index < -0.39 is 5.91 Å². The van der Waals surface area contributed by atoms with Crippen LogP contribution in [0.2, 0.25) is 0 Å². The van der Waals surface area contributed by atoms with Crippen molar-refractivity contribution in [1.82, 2.24) is 5.01 Å². The molecular weight excluding hydrogens is 468 g/mol. The highest BCUT2D eigenvalue weighted by atomic mass is 79.9. The Morgan fingerprint density at radius 1 is 1.36 bits per heavy atom. The molecule has 0 unspecified atom stereocenters. The second-order valence-electron chi connectivity index (χ2n) is 5.76. The van der Waals surface area contributed by atoms with Gasteiger partial charge in [-0.25, -0.2) is 0 Å². The number of amidine groups is 2. The van der Waals surface area contributed by atoms with Crippen molar-refractivity contribution in [2.75, 3.05) is 6.61 Å². The van der Waals surface area contributed by atoms with E-state index in [1.807, 2.05) is 31.2 Å². The summed E-state index contributed by atoms with van der Waals surface area (Å²) < 4.78 is 11.7. The molecule has 0 fully saturated rings. The molecule has 0 aliphatic carbocycles. The number of aliphatic imine (C=N–C) groups is 1. The molecule has 0 saturated carbocycles. The van der Waals surface area contributed by atoms with Gasteiger partial charge in [0.05, 0.1) is 5.57 Å². The molecule has 2 aliphatic rings. The first kappa shape index (κ1) is 20.4. The van der Waals surface area contributed by atoms with Crippen molar-refractivity contribution >= 4 is 68.1 Å². The number of carbonyl (C=O) groups is 1. The van der Waals surface area contributed by atoms with Crippen LogP contribution in [-0.4, -0.2) is 33.6 Å². The predicted octanol–water partition coefficient (Wildman–Crippen LogP) is 4.47. The average Bonchev–Trinajstić information content (AvgIpc) is 3.23. The van der Waals surface area contributed by atoms with E-state index >= 15 is 0 Å². The van der Waals surface area contributed by atoms with Crippen LogP contribution in [0.3, 0.4) is 0 Å². The zero-order valence-corrected chi connectivity index (χ0v) is 17.7. The number of aryl methyl sites for hydroxylation is 1. The van der Waals surface area contributed by atoms with Gasteiger partial charge in [-0.05, 0) is 70.5 Å². The number of nitrogens with one attached hydrogen (secondary N) is 1. The highest BCUT2D eigenvalue weighted by Crippen LogP contribution is 2.29.